The van der Waals surface area contributed by atoms with Crippen LogP contribution in [0.1, 0.15) is 67.7 Å². The van der Waals surface area contributed by atoms with Crippen molar-refractivity contribution < 1.29 is 14.3 Å². The van der Waals surface area contributed by atoms with Gasteiger partial charge in [0.25, 0.3) is 0 Å². The van der Waals surface area contributed by atoms with E-state index in [0.717, 1.165) is 70.3 Å². The molecule has 0 radical (unpaired) electrons. The van der Waals surface area contributed by atoms with Crippen LogP contribution in [0.15, 0.2) is 12.3 Å². The van der Waals surface area contributed by atoms with Crippen molar-refractivity contribution in [3.8, 4) is 0 Å². The van der Waals surface area contributed by atoms with E-state index in [9.17, 15) is 4.79 Å². The molecule has 5 nitrogen and oxygen atoms in total. The average molecular weight is 318 g/mol. The number of hydrogen-bond donors (Lipinski definition) is 0. The molecular weight excluding hydrogens is 292 g/mol. The van der Waals surface area contributed by atoms with E-state index >= 15 is 0 Å². The fourth-order valence-electron chi connectivity index (χ4n) is 3.36. The molecule has 2 unspecified atom stereocenters. The third-order valence-electron chi connectivity index (χ3n) is 4.72. The fourth-order valence-corrected chi connectivity index (χ4v) is 3.36. The Balaban J connectivity index is 1.73. The lowest BCUT2D eigenvalue weighted by Crippen LogP contribution is -2.18. The zero-order valence-corrected chi connectivity index (χ0v) is 13.9. The maximum Gasteiger partial charge on any atom is 0.153 e. The first-order chi connectivity index (χ1) is 11.3. The molecule has 1 fully saturated rings. The summed E-state index contributed by atoms with van der Waals surface area (Å²) in [6.45, 7) is 4.40. The van der Waals surface area contributed by atoms with Gasteiger partial charge in [-0.3, -0.25) is 4.79 Å². The first-order valence-corrected chi connectivity index (χ1v) is 8.75. The Hall–Kier alpha value is -1.46. The van der Waals surface area contributed by atoms with Gasteiger partial charge in [-0.15, -0.1) is 0 Å². The Morgan fingerprint density at radius 1 is 1.43 bits per heavy atom. The van der Waals surface area contributed by atoms with Crippen molar-refractivity contribution in [2.24, 2.45) is 5.92 Å². The van der Waals surface area contributed by atoms with Gasteiger partial charge in [-0.25, -0.2) is 4.68 Å². The van der Waals surface area contributed by atoms with Gasteiger partial charge in [-0.05, 0) is 56.9 Å². The lowest BCUT2D eigenvalue weighted by molar-refractivity contribution is -0.0395. The van der Waals surface area contributed by atoms with Crippen molar-refractivity contribution in [1.29, 1.82) is 0 Å². The fraction of sp³-hybridized carbons (Fsp3) is 0.667. The minimum atomic E-state index is -0.0221. The van der Waals surface area contributed by atoms with Crippen LogP contribution in [0.3, 0.4) is 0 Å². The highest BCUT2D eigenvalue weighted by Crippen LogP contribution is 2.32. The van der Waals surface area contributed by atoms with Gasteiger partial charge in [-0.1, -0.05) is 6.08 Å². The van der Waals surface area contributed by atoms with E-state index in [1.807, 2.05) is 17.8 Å². The highest BCUT2D eigenvalue weighted by molar-refractivity contribution is 5.83. The van der Waals surface area contributed by atoms with E-state index < -0.39 is 0 Å². The van der Waals surface area contributed by atoms with Crippen molar-refractivity contribution in [2.45, 2.75) is 51.7 Å². The molecule has 0 bridgehead atoms. The normalized spacial score (nSPS) is 25.2. The summed E-state index contributed by atoms with van der Waals surface area (Å²) in [6, 6.07) is 0. The second-order valence-electron chi connectivity index (χ2n) is 6.38. The first kappa shape index (κ1) is 16.4. The molecule has 126 valence electrons. The third-order valence-corrected chi connectivity index (χ3v) is 4.72. The Bertz CT molecular complexity index is 559. The number of allylic oxidation sites excluding steroid dienone is 2. The second kappa shape index (κ2) is 7.88. The van der Waals surface area contributed by atoms with E-state index in [0.29, 0.717) is 11.5 Å². The van der Waals surface area contributed by atoms with Gasteiger partial charge in [0, 0.05) is 26.0 Å². The van der Waals surface area contributed by atoms with Crippen LogP contribution < -0.4 is 0 Å². The summed E-state index contributed by atoms with van der Waals surface area (Å²) in [5.74, 6) is 0.585. The molecule has 5 heteroatoms. The summed E-state index contributed by atoms with van der Waals surface area (Å²) in [5.41, 5.74) is 2.70. The van der Waals surface area contributed by atoms with Crippen LogP contribution in [0.4, 0.5) is 0 Å². The lowest BCUT2D eigenvalue weighted by Gasteiger charge is -2.23. The number of rotatable bonds is 6. The van der Waals surface area contributed by atoms with Gasteiger partial charge in [0.15, 0.2) is 6.29 Å². The molecule has 1 aliphatic heterocycles. The van der Waals surface area contributed by atoms with E-state index in [1.165, 1.54) is 5.57 Å². The Morgan fingerprint density at radius 2 is 2.35 bits per heavy atom. The molecule has 0 spiro atoms. The largest absolute Gasteiger partial charge is 0.381 e. The molecular formula is C18H26N2O3. The smallest absolute Gasteiger partial charge is 0.153 e. The molecule has 1 aromatic rings. The zero-order chi connectivity index (χ0) is 16.1. The molecule has 0 amide bonds. The van der Waals surface area contributed by atoms with Gasteiger partial charge in [-0.2, -0.15) is 5.10 Å². The molecule has 3 rings (SSSR count). The minimum absolute atomic E-state index is 0.0221. The maximum absolute atomic E-state index is 11.4. The molecule has 2 heterocycles. The summed E-state index contributed by atoms with van der Waals surface area (Å²) in [4.78, 5) is 11.4. The van der Waals surface area contributed by atoms with Crippen molar-refractivity contribution in [2.75, 3.05) is 19.8 Å². The van der Waals surface area contributed by atoms with E-state index in [4.69, 9.17) is 9.47 Å². The van der Waals surface area contributed by atoms with E-state index in [1.54, 1.807) is 0 Å². The molecule has 2 aliphatic rings. The Labute approximate surface area is 137 Å². The van der Waals surface area contributed by atoms with Crippen molar-refractivity contribution in [3.05, 3.63) is 23.5 Å². The standard InChI is InChI=1S/C18H26N2O3/c1-2-22-13-14-6-8-15(9-7-14)18-16(12-21)11-20(19-18)17-5-3-4-10-23-17/h8,11-12,14,17H,2-7,9-10,13H2,1H3. The van der Waals surface area contributed by atoms with Crippen LogP contribution in [0.2, 0.25) is 0 Å². The predicted octanol–water partition coefficient (Wildman–Crippen LogP) is 3.61. The summed E-state index contributed by atoms with van der Waals surface area (Å²) in [5, 5.41) is 4.68. The molecule has 1 aliphatic carbocycles. The van der Waals surface area contributed by atoms with Crippen LogP contribution in [0, 0.1) is 5.92 Å². The van der Waals surface area contributed by atoms with Crippen LogP contribution >= 0.6 is 0 Å². The van der Waals surface area contributed by atoms with E-state index in [2.05, 4.69) is 11.2 Å². The van der Waals surface area contributed by atoms with Crippen molar-refractivity contribution >= 4 is 11.9 Å². The Morgan fingerprint density at radius 3 is 3.00 bits per heavy atom. The molecule has 0 aromatic carbocycles. The maximum atomic E-state index is 11.4. The number of aldehydes is 1. The average Bonchev–Trinajstić information content (AvgIpc) is 3.05. The summed E-state index contributed by atoms with van der Waals surface area (Å²) >= 11 is 0. The number of ether oxygens (including phenoxy) is 2. The summed E-state index contributed by atoms with van der Waals surface area (Å²) in [7, 11) is 0. The number of hydrogen-bond acceptors (Lipinski definition) is 4. The van der Waals surface area contributed by atoms with Gasteiger partial charge in [0.1, 0.15) is 6.23 Å². The number of carbonyl (C=O) groups excluding carboxylic acids is 1. The topological polar surface area (TPSA) is 53.4 Å². The summed E-state index contributed by atoms with van der Waals surface area (Å²) < 4.78 is 13.1. The monoisotopic (exact) mass is 318 g/mol. The lowest BCUT2D eigenvalue weighted by atomic mass is 9.88. The Kier molecular flexibility index (Phi) is 5.62. The molecule has 1 saturated heterocycles. The predicted molar refractivity (Wildman–Crippen MR) is 88.3 cm³/mol. The van der Waals surface area contributed by atoms with Crippen molar-refractivity contribution in [1.82, 2.24) is 9.78 Å². The van der Waals surface area contributed by atoms with Crippen molar-refractivity contribution in [3.63, 3.8) is 0 Å². The van der Waals surface area contributed by atoms with E-state index in [-0.39, 0.29) is 6.23 Å². The number of carbonyl (C=O) groups is 1. The third kappa shape index (κ3) is 3.90. The highest BCUT2D eigenvalue weighted by atomic mass is 16.5. The highest BCUT2D eigenvalue weighted by Gasteiger charge is 2.23. The second-order valence-corrected chi connectivity index (χ2v) is 6.38. The molecule has 23 heavy (non-hydrogen) atoms. The molecule has 0 saturated carbocycles. The van der Waals surface area contributed by atoms with Crippen LogP contribution in [-0.4, -0.2) is 35.9 Å². The first-order valence-electron chi connectivity index (χ1n) is 8.75. The molecule has 1 aromatic heterocycles. The zero-order valence-electron chi connectivity index (χ0n) is 13.9. The minimum Gasteiger partial charge on any atom is -0.381 e. The number of nitrogens with zero attached hydrogens (tertiary/aromatic N) is 2. The van der Waals surface area contributed by atoms with Gasteiger partial charge in [0.2, 0.25) is 0 Å². The van der Waals surface area contributed by atoms with Crippen LogP contribution in [0.5, 0.6) is 0 Å². The van der Waals surface area contributed by atoms with Gasteiger partial charge >= 0.3 is 0 Å². The number of aromatic nitrogens is 2. The van der Waals surface area contributed by atoms with Gasteiger partial charge < -0.3 is 9.47 Å². The molecule has 2 atom stereocenters. The van der Waals surface area contributed by atoms with Crippen LogP contribution in [-0.2, 0) is 9.47 Å². The molecule has 0 N–H and O–H groups in total. The van der Waals surface area contributed by atoms with Gasteiger partial charge in [0.05, 0.1) is 11.3 Å². The summed E-state index contributed by atoms with van der Waals surface area (Å²) in [6.07, 6.45) is 11.2. The quantitative estimate of drug-likeness (QED) is 0.752. The SMILES string of the molecule is CCOCC1CC=C(c2nn(C3CCCCO3)cc2C=O)CC1. The van der Waals surface area contributed by atoms with Crippen LogP contribution in [0.25, 0.3) is 5.57 Å².